The summed E-state index contributed by atoms with van der Waals surface area (Å²) in [6, 6.07) is 15.8. The van der Waals surface area contributed by atoms with E-state index in [1.807, 2.05) is 47.9 Å². The molecule has 6 rings (SSSR count). The van der Waals surface area contributed by atoms with Crippen LogP contribution in [0.15, 0.2) is 54.6 Å². The van der Waals surface area contributed by atoms with Crippen LogP contribution >= 0.6 is 7.14 Å². The van der Waals surface area contributed by atoms with Gasteiger partial charge in [-0.3, -0.25) is 4.79 Å². The number of aryl methyl sites for hydroxylation is 1. The van der Waals surface area contributed by atoms with Gasteiger partial charge in [-0.2, -0.15) is 8.78 Å². The SMILES string of the molecule is Cc1cc(P(C)(C)=O)ccc1-c1ccc2nc3n(c2c1)C1CC3NC(=O)c2cccc(OC(F)F)c21. The van der Waals surface area contributed by atoms with E-state index in [1.165, 1.54) is 6.07 Å². The van der Waals surface area contributed by atoms with E-state index in [0.717, 1.165) is 33.0 Å². The van der Waals surface area contributed by atoms with Gasteiger partial charge in [0.2, 0.25) is 0 Å². The molecule has 1 aromatic heterocycles. The zero-order valence-electron chi connectivity index (χ0n) is 20.0. The molecule has 184 valence electrons. The Balaban J connectivity index is 1.53. The molecule has 36 heavy (non-hydrogen) atoms. The molecule has 4 aromatic rings. The average Bonchev–Trinajstić information content (AvgIpc) is 3.30. The molecule has 2 atom stereocenters. The van der Waals surface area contributed by atoms with Gasteiger partial charge < -0.3 is 19.2 Å². The average molecular weight is 507 g/mol. The van der Waals surface area contributed by atoms with Crippen molar-refractivity contribution < 1.29 is 22.9 Å². The molecule has 1 N–H and O–H groups in total. The second kappa shape index (κ2) is 8.00. The Morgan fingerprint density at radius 1 is 1.11 bits per heavy atom. The van der Waals surface area contributed by atoms with Crippen LogP contribution in [-0.4, -0.2) is 35.4 Å². The number of hydrogen-bond donors (Lipinski definition) is 1. The molecule has 3 heterocycles. The van der Waals surface area contributed by atoms with E-state index in [1.54, 1.807) is 25.5 Å². The number of alkyl halides is 2. The van der Waals surface area contributed by atoms with Gasteiger partial charge in [0.1, 0.15) is 18.7 Å². The largest absolute Gasteiger partial charge is 0.434 e. The van der Waals surface area contributed by atoms with Crippen molar-refractivity contribution in [2.24, 2.45) is 0 Å². The van der Waals surface area contributed by atoms with Crippen LogP contribution in [0, 0.1) is 6.92 Å². The highest BCUT2D eigenvalue weighted by Gasteiger charge is 2.42. The molecule has 2 unspecified atom stereocenters. The molecule has 9 heteroatoms. The number of fused-ring (bicyclic) bond motifs is 9. The van der Waals surface area contributed by atoms with Crippen LogP contribution in [-0.2, 0) is 4.57 Å². The van der Waals surface area contributed by atoms with Crippen LogP contribution in [0.25, 0.3) is 22.2 Å². The lowest BCUT2D eigenvalue weighted by molar-refractivity contribution is -0.0507. The monoisotopic (exact) mass is 507 g/mol. The number of halogens is 2. The predicted octanol–water partition coefficient (Wildman–Crippen LogP) is 5.64. The Labute approximate surface area is 206 Å². The molecule has 3 aromatic carbocycles. The smallest absolute Gasteiger partial charge is 0.387 e. The summed E-state index contributed by atoms with van der Waals surface area (Å²) in [4.78, 5) is 17.7. The van der Waals surface area contributed by atoms with Crippen molar-refractivity contribution in [3.05, 3.63) is 77.1 Å². The number of ether oxygens (including phenoxy) is 1. The summed E-state index contributed by atoms with van der Waals surface area (Å²) in [5.41, 5.74) is 5.38. The fourth-order valence-corrected chi connectivity index (χ4v) is 6.42. The van der Waals surface area contributed by atoms with Crippen molar-refractivity contribution in [1.29, 1.82) is 0 Å². The van der Waals surface area contributed by atoms with E-state index in [2.05, 4.69) is 5.32 Å². The van der Waals surface area contributed by atoms with E-state index in [-0.39, 0.29) is 23.7 Å². The lowest BCUT2D eigenvalue weighted by Crippen LogP contribution is -2.28. The van der Waals surface area contributed by atoms with Crippen LogP contribution in [0.5, 0.6) is 5.75 Å². The fraction of sp³-hybridized carbons (Fsp3) is 0.259. The number of benzene rings is 3. The summed E-state index contributed by atoms with van der Waals surface area (Å²) in [6.45, 7) is 2.51. The van der Waals surface area contributed by atoms with Crippen molar-refractivity contribution >= 4 is 29.4 Å². The predicted molar refractivity (Wildman–Crippen MR) is 135 cm³/mol. The molecule has 2 bridgehead atoms. The Bertz CT molecular complexity index is 1610. The number of imidazole rings is 1. The fourth-order valence-electron chi connectivity index (χ4n) is 5.48. The van der Waals surface area contributed by atoms with Crippen molar-refractivity contribution in [1.82, 2.24) is 14.9 Å². The number of amides is 1. The summed E-state index contributed by atoms with van der Waals surface area (Å²) in [7, 11) is -2.38. The minimum atomic E-state index is -3.00. The number of carbonyl (C=O) groups excluding carboxylic acids is 1. The van der Waals surface area contributed by atoms with Gasteiger partial charge in [-0.15, -0.1) is 0 Å². The number of carbonyl (C=O) groups is 1. The Kier molecular flexibility index (Phi) is 5.09. The van der Waals surface area contributed by atoms with Crippen molar-refractivity contribution in [2.45, 2.75) is 32.0 Å². The van der Waals surface area contributed by atoms with Crippen molar-refractivity contribution in [2.75, 3.05) is 13.3 Å². The van der Waals surface area contributed by atoms with Gasteiger partial charge in [-0.1, -0.05) is 24.3 Å². The van der Waals surface area contributed by atoms with Gasteiger partial charge in [-0.05, 0) is 73.7 Å². The lowest BCUT2D eigenvalue weighted by atomic mass is 9.97. The molecular weight excluding hydrogens is 483 g/mol. The van der Waals surface area contributed by atoms with Crippen LogP contribution < -0.4 is 15.4 Å². The summed E-state index contributed by atoms with van der Waals surface area (Å²) >= 11 is 0. The highest BCUT2D eigenvalue weighted by atomic mass is 31.2. The molecule has 2 aliphatic heterocycles. The third-order valence-corrected chi connectivity index (χ3v) is 8.63. The Morgan fingerprint density at radius 2 is 1.92 bits per heavy atom. The first-order valence-electron chi connectivity index (χ1n) is 11.7. The van der Waals surface area contributed by atoms with E-state index < -0.39 is 13.8 Å². The number of aromatic nitrogens is 2. The van der Waals surface area contributed by atoms with Crippen LogP contribution in [0.4, 0.5) is 8.78 Å². The highest BCUT2D eigenvalue weighted by Crippen LogP contribution is 2.48. The van der Waals surface area contributed by atoms with Gasteiger partial charge in [0.05, 0.1) is 23.1 Å². The van der Waals surface area contributed by atoms with Gasteiger partial charge in [0, 0.05) is 16.4 Å². The minimum absolute atomic E-state index is 0.00384. The molecule has 0 saturated carbocycles. The summed E-state index contributed by atoms with van der Waals surface area (Å²) in [5, 5.41) is 3.84. The maximum absolute atomic E-state index is 13.2. The number of rotatable bonds is 4. The topological polar surface area (TPSA) is 73.2 Å². The molecule has 0 aliphatic carbocycles. The molecule has 1 amide bonds. The maximum atomic E-state index is 13.2. The number of nitrogens with one attached hydrogen (secondary N) is 1. The first kappa shape index (κ1) is 22.9. The molecule has 2 aliphatic rings. The maximum Gasteiger partial charge on any atom is 0.387 e. The first-order valence-corrected chi connectivity index (χ1v) is 14.3. The molecule has 0 saturated heterocycles. The number of hydrogen-bond acceptors (Lipinski definition) is 4. The van der Waals surface area contributed by atoms with E-state index in [4.69, 9.17) is 9.72 Å². The quantitative estimate of drug-likeness (QED) is 0.363. The highest BCUT2D eigenvalue weighted by molar-refractivity contribution is 7.70. The summed E-state index contributed by atoms with van der Waals surface area (Å²) < 4.78 is 45.9. The van der Waals surface area contributed by atoms with E-state index >= 15 is 0 Å². The summed E-state index contributed by atoms with van der Waals surface area (Å²) in [6.07, 6.45) is 0.501. The van der Waals surface area contributed by atoms with Gasteiger partial charge >= 0.3 is 6.61 Å². The first-order chi connectivity index (χ1) is 17.1. The number of nitrogens with zero attached hydrogens (tertiary/aromatic N) is 2. The van der Waals surface area contributed by atoms with Gasteiger partial charge in [0.15, 0.2) is 0 Å². The van der Waals surface area contributed by atoms with E-state index in [0.29, 0.717) is 23.4 Å². The van der Waals surface area contributed by atoms with Crippen molar-refractivity contribution in [3.8, 4) is 16.9 Å². The minimum Gasteiger partial charge on any atom is -0.434 e. The molecule has 6 nitrogen and oxygen atoms in total. The standard InChI is InChI=1S/C27H24F2N3O3P/c1-14-11-16(36(2,3)34)8-9-17(14)15-7-10-19-21(12-15)32-22-13-20(25(32)30-19)31-26(33)18-5-4-6-23(24(18)22)35-27(28)29/h4-12,20,22,27H,13H2,1-3H3,(H,31,33). The zero-order chi connectivity index (χ0) is 25.4. The third kappa shape index (κ3) is 3.54. The third-order valence-electron chi connectivity index (χ3n) is 7.11. The zero-order valence-corrected chi connectivity index (χ0v) is 20.9. The Hall–Kier alpha value is -3.51. The van der Waals surface area contributed by atoms with Gasteiger partial charge in [0.25, 0.3) is 5.91 Å². The van der Waals surface area contributed by atoms with Gasteiger partial charge in [-0.25, -0.2) is 4.98 Å². The van der Waals surface area contributed by atoms with E-state index in [9.17, 15) is 18.1 Å². The molecule has 0 radical (unpaired) electrons. The second-order valence-electron chi connectivity index (χ2n) is 9.77. The van der Waals surface area contributed by atoms with Crippen LogP contribution in [0.2, 0.25) is 0 Å². The second-order valence-corrected chi connectivity index (χ2v) is 13.0. The lowest BCUT2D eigenvalue weighted by Gasteiger charge is -2.21. The Morgan fingerprint density at radius 3 is 2.64 bits per heavy atom. The summed E-state index contributed by atoms with van der Waals surface area (Å²) in [5.74, 6) is 0.378. The molecular formula is C27H24F2N3O3P. The molecule has 0 spiro atoms. The van der Waals surface area contributed by atoms with Crippen LogP contribution in [0.3, 0.4) is 0 Å². The molecule has 0 fully saturated rings. The normalized spacial score (nSPS) is 18.7. The van der Waals surface area contributed by atoms with Crippen LogP contribution in [0.1, 0.15) is 45.8 Å². The van der Waals surface area contributed by atoms with Crippen molar-refractivity contribution in [3.63, 3.8) is 0 Å².